The van der Waals surface area contributed by atoms with Crippen molar-refractivity contribution in [3.8, 4) is 11.5 Å². The number of hydrogen-bond donors (Lipinski definition) is 0. The highest BCUT2D eigenvalue weighted by Crippen LogP contribution is 2.29. The van der Waals surface area contributed by atoms with Gasteiger partial charge in [-0.05, 0) is 50.2 Å². The molecule has 1 fully saturated rings. The summed E-state index contributed by atoms with van der Waals surface area (Å²) in [6.07, 6.45) is 0. The van der Waals surface area contributed by atoms with Crippen molar-refractivity contribution >= 4 is 21.6 Å². The van der Waals surface area contributed by atoms with Gasteiger partial charge in [0.2, 0.25) is 10.0 Å². The van der Waals surface area contributed by atoms with E-state index in [1.807, 2.05) is 6.92 Å². The van der Waals surface area contributed by atoms with Crippen LogP contribution in [0.4, 0.5) is 5.69 Å². The van der Waals surface area contributed by atoms with Crippen molar-refractivity contribution in [1.29, 1.82) is 0 Å². The van der Waals surface area contributed by atoms with Gasteiger partial charge in [0.1, 0.15) is 5.75 Å². The van der Waals surface area contributed by atoms with Crippen LogP contribution < -0.4 is 9.47 Å². The van der Waals surface area contributed by atoms with Crippen molar-refractivity contribution in [2.24, 2.45) is 0 Å². The van der Waals surface area contributed by atoms with Crippen LogP contribution in [-0.4, -0.2) is 67.8 Å². The number of carbonyl (C=O) groups excluding carboxylic acids is 1. The third kappa shape index (κ3) is 5.00. The van der Waals surface area contributed by atoms with Crippen LogP contribution in [0.2, 0.25) is 0 Å². The van der Waals surface area contributed by atoms with Gasteiger partial charge in [-0.1, -0.05) is 0 Å². The Morgan fingerprint density at radius 1 is 1.00 bits per heavy atom. The Bertz CT molecular complexity index is 1080. The standard InChI is InChI=1S/C21H25N3O7S/c1-3-30-17-6-8-18(9-7-17)32(28,29)23-13-11-22(12-14-23)21(25)16-5-10-20(31-4-2)19(15-16)24(26)27/h5-10,15H,3-4,11-14H2,1-2H3. The molecule has 0 aliphatic carbocycles. The highest BCUT2D eigenvalue weighted by atomic mass is 32.2. The van der Waals surface area contributed by atoms with Crippen molar-refractivity contribution in [3.05, 3.63) is 58.1 Å². The molecule has 2 aromatic rings. The number of nitro benzene ring substituents is 1. The van der Waals surface area contributed by atoms with E-state index in [1.165, 1.54) is 39.5 Å². The molecule has 172 valence electrons. The average molecular weight is 464 g/mol. The Balaban J connectivity index is 1.69. The van der Waals surface area contributed by atoms with E-state index < -0.39 is 20.9 Å². The van der Waals surface area contributed by atoms with Gasteiger partial charge in [0.25, 0.3) is 5.91 Å². The molecule has 32 heavy (non-hydrogen) atoms. The first-order chi connectivity index (χ1) is 15.3. The molecule has 1 aliphatic heterocycles. The topological polar surface area (TPSA) is 119 Å². The molecule has 3 rings (SSSR count). The highest BCUT2D eigenvalue weighted by Gasteiger charge is 2.31. The van der Waals surface area contributed by atoms with Crippen molar-refractivity contribution < 1.29 is 27.6 Å². The molecule has 0 aromatic heterocycles. The summed E-state index contributed by atoms with van der Waals surface area (Å²) >= 11 is 0. The minimum absolute atomic E-state index is 0.0975. The summed E-state index contributed by atoms with van der Waals surface area (Å²) in [4.78, 5) is 25.2. The van der Waals surface area contributed by atoms with Crippen LogP contribution in [0.15, 0.2) is 47.4 Å². The summed E-state index contributed by atoms with van der Waals surface area (Å²) in [5.74, 6) is 0.292. The maximum absolute atomic E-state index is 12.9. The summed E-state index contributed by atoms with van der Waals surface area (Å²) in [6.45, 7) is 4.91. The lowest BCUT2D eigenvalue weighted by Crippen LogP contribution is -2.50. The molecule has 0 spiro atoms. The number of nitrogens with zero attached hydrogens (tertiary/aromatic N) is 3. The Kier molecular flexibility index (Phi) is 7.31. The number of benzene rings is 2. The Morgan fingerprint density at radius 2 is 1.62 bits per heavy atom. The fourth-order valence-electron chi connectivity index (χ4n) is 3.41. The summed E-state index contributed by atoms with van der Waals surface area (Å²) in [5.41, 5.74) is -0.127. The van der Waals surface area contributed by atoms with Gasteiger partial charge in [0.15, 0.2) is 5.75 Å². The van der Waals surface area contributed by atoms with Crippen LogP contribution in [-0.2, 0) is 10.0 Å². The lowest BCUT2D eigenvalue weighted by molar-refractivity contribution is -0.385. The van der Waals surface area contributed by atoms with Crippen molar-refractivity contribution in [2.75, 3.05) is 39.4 Å². The van der Waals surface area contributed by atoms with Crippen LogP contribution in [0.3, 0.4) is 0 Å². The van der Waals surface area contributed by atoms with E-state index in [2.05, 4.69) is 0 Å². The van der Waals surface area contributed by atoms with Gasteiger partial charge < -0.3 is 14.4 Å². The summed E-state index contributed by atoms with van der Waals surface area (Å²) in [7, 11) is -3.70. The van der Waals surface area contributed by atoms with E-state index in [4.69, 9.17) is 9.47 Å². The average Bonchev–Trinajstić information content (AvgIpc) is 2.79. The molecule has 1 heterocycles. The fraction of sp³-hybridized carbons (Fsp3) is 0.381. The molecule has 0 N–H and O–H groups in total. The van der Waals surface area contributed by atoms with Crippen LogP contribution in [0.25, 0.3) is 0 Å². The predicted octanol–water partition coefficient (Wildman–Crippen LogP) is 2.54. The van der Waals surface area contributed by atoms with Gasteiger partial charge >= 0.3 is 5.69 Å². The van der Waals surface area contributed by atoms with E-state index in [-0.39, 0.29) is 54.7 Å². The minimum Gasteiger partial charge on any atom is -0.494 e. The number of nitro groups is 1. The summed E-state index contributed by atoms with van der Waals surface area (Å²) in [6, 6.07) is 10.3. The fourth-order valence-corrected chi connectivity index (χ4v) is 4.83. The van der Waals surface area contributed by atoms with Crippen LogP contribution in [0, 0.1) is 10.1 Å². The van der Waals surface area contributed by atoms with Crippen molar-refractivity contribution in [3.63, 3.8) is 0 Å². The Labute approximate surface area is 186 Å². The number of amides is 1. The zero-order valence-electron chi connectivity index (χ0n) is 17.9. The maximum Gasteiger partial charge on any atom is 0.311 e. The molecule has 0 bridgehead atoms. The molecular formula is C21H25N3O7S. The number of ether oxygens (including phenoxy) is 2. The maximum atomic E-state index is 12.9. The second-order valence-corrected chi connectivity index (χ2v) is 8.91. The zero-order valence-corrected chi connectivity index (χ0v) is 18.7. The van der Waals surface area contributed by atoms with Gasteiger partial charge in [-0.15, -0.1) is 0 Å². The number of piperazine rings is 1. The third-order valence-corrected chi connectivity index (χ3v) is 6.91. The van der Waals surface area contributed by atoms with Gasteiger partial charge in [0.05, 0.1) is 23.0 Å². The number of hydrogen-bond acceptors (Lipinski definition) is 7. The Hall–Kier alpha value is -3.18. The van der Waals surface area contributed by atoms with Crippen LogP contribution in [0.1, 0.15) is 24.2 Å². The summed E-state index contributed by atoms with van der Waals surface area (Å²) < 4.78 is 37.7. The first kappa shape index (κ1) is 23.5. The molecule has 1 amide bonds. The molecule has 10 nitrogen and oxygen atoms in total. The molecule has 2 aromatic carbocycles. The van der Waals surface area contributed by atoms with Gasteiger partial charge in [-0.3, -0.25) is 14.9 Å². The molecule has 0 atom stereocenters. The molecule has 1 saturated heterocycles. The number of carbonyl (C=O) groups is 1. The van der Waals surface area contributed by atoms with E-state index in [9.17, 15) is 23.3 Å². The van der Waals surface area contributed by atoms with Crippen LogP contribution >= 0.6 is 0 Å². The molecule has 0 unspecified atom stereocenters. The van der Waals surface area contributed by atoms with Gasteiger partial charge in [-0.2, -0.15) is 4.31 Å². The predicted molar refractivity (Wildman–Crippen MR) is 117 cm³/mol. The first-order valence-corrected chi connectivity index (χ1v) is 11.7. The lowest BCUT2D eigenvalue weighted by Gasteiger charge is -2.34. The van der Waals surface area contributed by atoms with E-state index in [0.717, 1.165) is 0 Å². The highest BCUT2D eigenvalue weighted by molar-refractivity contribution is 7.89. The van der Waals surface area contributed by atoms with E-state index in [1.54, 1.807) is 19.1 Å². The smallest absolute Gasteiger partial charge is 0.311 e. The number of rotatable bonds is 8. The monoisotopic (exact) mass is 463 g/mol. The van der Waals surface area contributed by atoms with Gasteiger partial charge in [0, 0.05) is 37.8 Å². The lowest BCUT2D eigenvalue weighted by atomic mass is 10.1. The second kappa shape index (κ2) is 9.96. The largest absolute Gasteiger partial charge is 0.494 e. The zero-order chi connectivity index (χ0) is 23.3. The van der Waals surface area contributed by atoms with Crippen LogP contribution in [0.5, 0.6) is 11.5 Å². The molecule has 0 saturated carbocycles. The van der Waals surface area contributed by atoms with Crippen molar-refractivity contribution in [2.45, 2.75) is 18.7 Å². The summed E-state index contributed by atoms with van der Waals surface area (Å²) in [5, 5.41) is 11.3. The van der Waals surface area contributed by atoms with Gasteiger partial charge in [-0.25, -0.2) is 8.42 Å². The minimum atomic E-state index is -3.70. The quantitative estimate of drug-likeness (QED) is 0.436. The first-order valence-electron chi connectivity index (χ1n) is 10.2. The molecule has 1 aliphatic rings. The Morgan fingerprint density at radius 3 is 2.19 bits per heavy atom. The SMILES string of the molecule is CCOc1ccc(S(=O)(=O)N2CCN(C(=O)c3ccc(OCC)c([N+](=O)[O-])c3)CC2)cc1. The van der Waals surface area contributed by atoms with Crippen molar-refractivity contribution in [1.82, 2.24) is 9.21 Å². The third-order valence-electron chi connectivity index (χ3n) is 5.00. The molecule has 11 heteroatoms. The van der Waals surface area contributed by atoms with E-state index >= 15 is 0 Å². The normalized spacial score (nSPS) is 14.8. The number of sulfonamides is 1. The second-order valence-electron chi connectivity index (χ2n) is 6.97. The molecule has 0 radical (unpaired) electrons. The van der Waals surface area contributed by atoms with E-state index in [0.29, 0.717) is 12.4 Å². The molecular weight excluding hydrogens is 438 g/mol.